The highest BCUT2D eigenvalue weighted by atomic mass is 35.5. The first kappa shape index (κ1) is 14.2. The summed E-state index contributed by atoms with van der Waals surface area (Å²) in [4.78, 5) is 17.1. The number of pyridine rings is 1. The van der Waals surface area contributed by atoms with Crippen LogP contribution in [-0.2, 0) is 0 Å². The summed E-state index contributed by atoms with van der Waals surface area (Å²) < 4.78 is 0. The molecule has 2 aromatic heterocycles. The lowest BCUT2D eigenvalue weighted by molar-refractivity contribution is 0.198. The number of anilines is 1. The van der Waals surface area contributed by atoms with E-state index in [1.165, 1.54) is 5.56 Å². The molecule has 0 spiro atoms. The molecule has 1 fully saturated rings. The van der Waals surface area contributed by atoms with Gasteiger partial charge in [-0.15, -0.1) is 0 Å². The largest absolute Gasteiger partial charge is 0.353 e. The number of nitrogens with zero attached hydrogens (tertiary/aromatic N) is 5. The lowest BCUT2D eigenvalue weighted by atomic mass is 10.1. The summed E-state index contributed by atoms with van der Waals surface area (Å²) in [5.41, 5.74) is 1.26. The van der Waals surface area contributed by atoms with Crippen LogP contribution >= 0.6 is 11.6 Å². The minimum atomic E-state index is 0.377. The monoisotopic (exact) mass is 303 g/mol. The van der Waals surface area contributed by atoms with Gasteiger partial charge in [-0.05, 0) is 18.6 Å². The van der Waals surface area contributed by atoms with Crippen LogP contribution in [0.5, 0.6) is 0 Å². The molecule has 0 aromatic carbocycles. The Morgan fingerprint density at radius 2 is 1.95 bits per heavy atom. The highest BCUT2D eigenvalue weighted by Gasteiger charge is 2.23. The van der Waals surface area contributed by atoms with E-state index in [0.29, 0.717) is 11.1 Å². The third-order valence-corrected chi connectivity index (χ3v) is 4.24. The van der Waals surface area contributed by atoms with Crippen LogP contribution in [-0.4, -0.2) is 46.0 Å². The van der Waals surface area contributed by atoms with E-state index in [0.717, 1.165) is 32.0 Å². The Bertz CT molecular complexity index is 584. The van der Waals surface area contributed by atoms with Crippen LogP contribution in [0.25, 0.3) is 0 Å². The smallest absolute Gasteiger partial charge is 0.150 e. The van der Waals surface area contributed by atoms with Crippen molar-refractivity contribution in [2.45, 2.75) is 13.0 Å². The second-order valence-electron chi connectivity index (χ2n) is 5.18. The Balaban J connectivity index is 1.64. The van der Waals surface area contributed by atoms with E-state index < -0.39 is 0 Å². The molecule has 5 nitrogen and oxygen atoms in total. The SMILES string of the molecule is CC(c1cccnc1)N1CCN(c2ncncc2Cl)CC1. The first-order valence-corrected chi connectivity index (χ1v) is 7.48. The molecule has 1 aliphatic heterocycles. The van der Waals surface area contributed by atoms with E-state index >= 15 is 0 Å². The summed E-state index contributed by atoms with van der Waals surface area (Å²) in [6, 6.07) is 4.50. The molecule has 3 rings (SSSR count). The van der Waals surface area contributed by atoms with Crippen molar-refractivity contribution in [3.8, 4) is 0 Å². The fourth-order valence-electron chi connectivity index (χ4n) is 2.69. The zero-order valence-corrected chi connectivity index (χ0v) is 12.7. The fourth-order valence-corrected chi connectivity index (χ4v) is 2.92. The first-order chi connectivity index (χ1) is 10.3. The number of aromatic nitrogens is 3. The van der Waals surface area contributed by atoms with Crippen molar-refractivity contribution in [2.24, 2.45) is 0 Å². The predicted octanol–water partition coefficient (Wildman–Crippen LogP) is 2.41. The summed E-state index contributed by atoms with van der Waals surface area (Å²) in [5.74, 6) is 0.834. The van der Waals surface area contributed by atoms with Crippen molar-refractivity contribution in [3.05, 3.63) is 47.6 Å². The second-order valence-corrected chi connectivity index (χ2v) is 5.59. The Hall–Kier alpha value is -1.72. The molecule has 0 radical (unpaired) electrons. The van der Waals surface area contributed by atoms with Crippen LogP contribution < -0.4 is 4.90 Å². The summed E-state index contributed by atoms with van der Waals surface area (Å²) in [6.45, 7) is 6.03. The number of halogens is 1. The maximum atomic E-state index is 6.16. The topological polar surface area (TPSA) is 45.2 Å². The van der Waals surface area contributed by atoms with Gasteiger partial charge in [0.15, 0.2) is 5.82 Å². The van der Waals surface area contributed by atoms with Gasteiger partial charge in [-0.3, -0.25) is 9.88 Å². The maximum Gasteiger partial charge on any atom is 0.150 e. The molecule has 2 aromatic rings. The summed E-state index contributed by atoms with van der Waals surface area (Å²) in [7, 11) is 0. The molecule has 0 bridgehead atoms. The molecule has 1 saturated heterocycles. The van der Waals surface area contributed by atoms with Gasteiger partial charge in [0, 0.05) is 44.6 Å². The lowest BCUT2D eigenvalue weighted by Crippen LogP contribution is -2.47. The van der Waals surface area contributed by atoms with Gasteiger partial charge in [-0.1, -0.05) is 17.7 Å². The van der Waals surface area contributed by atoms with E-state index in [1.54, 1.807) is 12.5 Å². The molecule has 0 N–H and O–H groups in total. The zero-order chi connectivity index (χ0) is 14.7. The van der Waals surface area contributed by atoms with Gasteiger partial charge in [0.1, 0.15) is 11.3 Å². The minimum absolute atomic E-state index is 0.377. The molecule has 0 aliphatic carbocycles. The Morgan fingerprint density at radius 3 is 2.62 bits per heavy atom. The third kappa shape index (κ3) is 3.14. The zero-order valence-electron chi connectivity index (χ0n) is 12.0. The molecule has 1 unspecified atom stereocenters. The van der Waals surface area contributed by atoms with Crippen molar-refractivity contribution < 1.29 is 0 Å². The number of piperazine rings is 1. The van der Waals surface area contributed by atoms with Crippen LogP contribution in [0.1, 0.15) is 18.5 Å². The second kappa shape index (κ2) is 6.37. The molecular weight excluding hydrogens is 286 g/mol. The van der Waals surface area contributed by atoms with Gasteiger partial charge < -0.3 is 4.90 Å². The Labute approximate surface area is 129 Å². The summed E-state index contributed by atoms with van der Waals surface area (Å²) >= 11 is 6.16. The molecule has 1 atom stereocenters. The fraction of sp³-hybridized carbons (Fsp3) is 0.400. The van der Waals surface area contributed by atoms with Crippen LogP contribution in [0.2, 0.25) is 5.02 Å². The average Bonchev–Trinajstić information content (AvgIpc) is 2.56. The van der Waals surface area contributed by atoms with E-state index in [2.05, 4.69) is 37.7 Å². The standard InChI is InChI=1S/C15H18ClN5/c1-12(13-3-2-4-17-9-13)20-5-7-21(8-6-20)15-14(16)10-18-11-19-15/h2-4,9-12H,5-8H2,1H3. The van der Waals surface area contributed by atoms with Crippen molar-refractivity contribution in [3.63, 3.8) is 0 Å². The third-order valence-electron chi connectivity index (χ3n) is 3.98. The highest BCUT2D eigenvalue weighted by molar-refractivity contribution is 6.32. The highest BCUT2D eigenvalue weighted by Crippen LogP contribution is 2.25. The van der Waals surface area contributed by atoms with Gasteiger partial charge in [-0.25, -0.2) is 9.97 Å². The molecule has 0 saturated carbocycles. The van der Waals surface area contributed by atoms with E-state index in [1.807, 2.05) is 18.5 Å². The number of hydrogen-bond donors (Lipinski definition) is 0. The molecule has 0 amide bonds. The normalized spacial score (nSPS) is 17.7. The summed E-state index contributed by atoms with van der Waals surface area (Å²) in [6.07, 6.45) is 6.95. The molecule has 1 aliphatic rings. The van der Waals surface area contributed by atoms with Gasteiger partial charge in [0.2, 0.25) is 0 Å². The van der Waals surface area contributed by atoms with Crippen molar-refractivity contribution in [1.82, 2.24) is 19.9 Å². The van der Waals surface area contributed by atoms with E-state index in [9.17, 15) is 0 Å². The Kier molecular flexibility index (Phi) is 4.31. The van der Waals surface area contributed by atoms with Crippen LogP contribution in [0.15, 0.2) is 37.1 Å². The van der Waals surface area contributed by atoms with Gasteiger partial charge in [-0.2, -0.15) is 0 Å². The van der Waals surface area contributed by atoms with Crippen molar-refractivity contribution in [1.29, 1.82) is 0 Å². The van der Waals surface area contributed by atoms with Crippen molar-refractivity contribution in [2.75, 3.05) is 31.1 Å². The molecule has 6 heteroatoms. The van der Waals surface area contributed by atoms with Gasteiger partial charge >= 0.3 is 0 Å². The van der Waals surface area contributed by atoms with Crippen LogP contribution in [0, 0.1) is 0 Å². The molecule has 3 heterocycles. The van der Waals surface area contributed by atoms with Gasteiger partial charge in [0.05, 0.1) is 6.20 Å². The Morgan fingerprint density at radius 1 is 1.14 bits per heavy atom. The lowest BCUT2D eigenvalue weighted by Gasteiger charge is -2.38. The number of rotatable bonds is 3. The van der Waals surface area contributed by atoms with Gasteiger partial charge in [0.25, 0.3) is 0 Å². The minimum Gasteiger partial charge on any atom is -0.353 e. The van der Waals surface area contributed by atoms with Crippen LogP contribution in [0.3, 0.4) is 0 Å². The summed E-state index contributed by atoms with van der Waals surface area (Å²) in [5, 5.41) is 0.617. The average molecular weight is 304 g/mol. The van der Waals surface area contributed by atoms with Crippen molar-refractivity contribution >= 4 is 17.4 Å². The number of hydrogen-bond acceptors (Lipinski definition) is 5. The maximum absolute atomic E-state index is 6.16. The first-order valence-electron chi connectivity index (χ1n) is 7.10. The molecular formula is C15H18ClN5. The predicted molar refractivity (Wildman–Crippen MR) is 83.5 cm³/mol. The quantitative estimate of drug-likeness (QED) is 0.871. The molecule has 110 valence electrons. The van der Waals surface area contributed by atoms with Crippen LogP contribution in [0.4, 0.5) is 5.82 Å². The molecule has 21 heavy (non-hydrogen) atoms. The van der Waals surface area contributed by atoms with E-state index in [-0.39, 0.29) is 0 Å². The van der Waals surface area contributed by atoms with E-state index in [4.69, 9.17) is 11.6 Å².